The minimum atomic E-state index is -3.94. The lowest BCUT2D eigenvalue weighted by atomic mass is 9.91. The molecule has 5 rings (SSSR count). The van der Waals surface area contributed by atoms with Crippen molar-refractivity contribution in [2.24, 2.45) is 5.92 Å². The number of rotatable bonds is 9. The Morgan fingerprint density at radius 2 is 1.47 bits per heavy atom. The highest BCUT2D eigenvalue weighted by atomic mass is 35.5. The van der Waals surface area contributed by atoms with E-state index in [9.17, 15) is 21.6 Å². The summed E-state index contributed by atoms with van der Waals surface area (Å²) in [5.74, 6) is -0.220. The molecule has 0 radical (unpaired) electrons. The number of carbonyl (C=O) groups excluding carboxylic acids is 1. The Labute approximate surface area is 257 Å². The summed E-state index contributed by atoms with van der Waals surface area (Å²) in [5, 5.41) is 0.0231. The number of anilines is 1. The molecule has 0 atom stereocenters. The van der Waals surface area contributed by atoms with E-state index in [1.807, 2.05) is 18.2 Å². The SMILES string of the molecule is CN(c1ccc(OC(=O)c2ccc(Cl)c(S(=O)(=O)N3CCC(Cc4ccccc4)CC3)c2)cc1)S(=O)(=O)c1ccccc1. The summed E-state index contributed by atoms with van der Waals surface area (Å²) in [4.78, 5) is 13.0. The molecule has 1 aliphatic heterocycles. The molecular weight excluding hydrogens is 608 g/mol. The lowest BCUT2D eigenvalue weighted by Crippen LogP contribution is -2.39. The van der Waals surface area contributed by atoms with Crippen LogP contribution in [0.15, 0.2) is 113 Å². The molecule has 0 bridgehead atoms. The highest BCUT2D eigenvalue weighted by Crippen LogP contribution is 2.31. The van der Waals surface area contributed by atoms with Crippen LogP contribution in [0.3, 0.4) is 0 Å². The van der Waals surface area contributed by atoms with E-state index in [0.29, 0.717) is 24.7 Å². The van der Waals surface area contributed by atoms with E-state index in [1.54, 1.807) is 18.2 Å². The van der Waals surface area contributed by atoms with Crippen molar-refractivity contribution in [3.05, 3.63) is 119 Å². The molecule has 0 N–H and O–H groups in total. The van der Waals surface area contributed by atoms with Gasteiger partial charge in [0.15, 0.2) is 0 Å². The fraction of sp³-hybridized carbons (Fsp3) is 0.219. The molecule has 1 heterocycles. The zero-order valence-corrected chi connectivity index (χ0v) is 25.9. The van der Waals surface area contributed by atoms with E-state index in [0.717, 1.165) is 23.6 Å². The van der Waals surface area contributed by atoms with Crippen molar-refractivity contribution in [2.75, 3.05) is 24.4 Å². The average Bonchev–Trinajstić information content (AvgIpc) is 3.02. The summed E-state index contributed by atoms with van der Waals surface area (Å²) >= 11 is 6.32. The Balaban J connectivity index is 1.25. The lowest BCUT2D eigenvalue weighted by molar-refractivity contribution is 0.0734. The Bertz CT molecular complexity index is 1790. The van der Waals surface area contributed by atoms with Crippen LogP contribution >= 0.6 is 11.6 Å². The van der Waals surface area contributed by atoms with Gasteiger partial charge in [0.05, 0.1) is 21.2 Å². The van der Waals surface area contributed by atoms with Crippen LogP contribution in [-0.4, -0.2) is 47.2 Å². The zero-order chi connectivity index (χ0) is 30.6. The second-order valence-electron chi connectivity index (χ2n) is 10.4. The molecular formula is C32H31ClN2O6S2. The van der Waals surface area contributed by atoms with Gasteiger partial charge in [-0.15, -0.1) is 0 Å². The van der Waals surface area contributed by atoms with E-state index >= 15 is 0 Å². The third kappa shape index (κ3) is 6.94. The number of halogens is 1. The Morgan fingerprint density at radius 3 is 2.09 bits per heavy atom. The molecule has 224 valence electrons. The second kappa shape index (κ2) is 12.9. The van der Waals surface area contributed by atoms with E-state index in [2.05, 4.69) is 12.1 Å². The van der Waals surface area contributed by atoms with Crippen LogP contribution in [0.1, 0.15) is 28.8 Å². The molecule has 8 nitrogen and oxygen atoms in total. The molecule has 1 saturated heterocycles. The smallest absolute Gasteiger partial charge is 0.343 e. The van der Waals surface area contributed by atoms with Crippen LogP contribution in [0.2, 0.25) is 5.02 Å². The first kappa shape index (κ1) is 30.7. The number of esters is 1. The summed E-state index contributed by atoms with van der Waals surface area (Å²) in [6, 6.07) is 28.2. The quantitative estimate of drug-likeness (QED) is 0.164. The van der Waals surface area contributed by atoms with E-state index < -0.39 is 26.0 Å². The number of benzene rings is 4. The second-order valence-corrected chi connectivity index (χ2v) is 14.6. The average molecular weight is 639 g/mol. The Kier molecular flexibility index (Phi) is 9.22. The molecule has 0 aliphatic carbocycles. The Morgan fingerprint density at radius 1 is 0.860 bits per heavy atom. The van der Waals surface area contributed by atoms with E-state index in [-0.39, 0.29) is 26.1 Å². The summed E-state index contributed by atoms with van der Waals surface area (Å²) < 4.78 is 60.9. The largest absolute Gasteiger partial charge is 0.423 e. The van der Waals surface area contributed by atoms with Gasteiger partial charge in [0.2, 0.25) is 10.0 Å². The van der Waals surface area contributed by atoms with Gasteiger partial charge in [-0.3, -0.25) is 4.31 Å². The van der Waals surface area contributed by atoms with Crippen molar-refractivity contribution < 1.29 is 26.4 Å². The standard InChI is InChI=1S/C32H31ClN2O6S2/c1-34(42(37,38)29-10-6-3-7-11-29)27-13-15-28(16-14-27)41-32(36)26-12-17-30(33)31(23-26)43(39,40)35-20-18-25(19-21-35)22-24-8-4-2-5-9-24/h2-17,23,25H,18-22H2,1H3. The van der Waals surface area contributed by atoms with Gasteiger partial charge in [0, 0.05) is 20.1 Å². The molecule has 1 aliphatic rings. The van der Waals surface area contributed by atoms with Crippen molar-refractivity contribution in [3.63, 3.8) is 0 Å². The van der Waals surface area contributed by atoms with Gasteiger partial charge >= 0.3 is 5.97 Å². The third-order valence-electron chi connectivity index (χ3n) is 7.54. The number of carbonyl (C=O) groups is 1. The van der Waals surface area contributed by atoms with Gasteiger partial charge in [-0.2, -0.15) is 4.31 Å². The van der Waals surface area contributed by atoms with Crippen LogP contribution < -0.4 is 9.04 Å². The first-order valence-corrected chi connectivity index (χ1v) is 17.0. The van der Waals surface area contributed by atoms with Crippen molar-refractivity contribution >= 4 is 43.3 Å². The van der Waals surface area contributed by atoms with Crippen molar-refractivity contribution in [2.45, 2.75) is 29.1 Å². The zero-order valence-electron chi connectivity index (χ0n) is 23.5. The van der Waals surface area contributed by atoms with Gasteiger partial charge in [-0.1, -0.05) is 60.1 Å². The molecule has 4 aromatic rings. The molecule has 43 heavy (non-hydrogen) atoms. The number of nitrogens with zero attached hydrogens (tertiary/aromatic N) is 2. The van der Waals surface area contributed by atoms with Crippen molar-refractivity contribution in [3.8, 4) is 5.75 Å². The van der Waals surface area contributed by atoms with Gasteiger partial charge in [0.25, 0.3) is 10.0 Å². The van der Waals surface area contributed by atoms with Crippen LogP contribution in [0.4, 0.5) is 5.69 Å². The minimum absolute atomic E-state index is 0.0230. The summed E-state index contributed by atoms with van der Waals surface area (Å²) in [6.45, 7) is 0.733. The van der Waals surface area contributed by atoms with Crippen molar-refractivity contribution in [1.29, 1.82) is 0 Å². The molecule has 0 saturated carbocycles. The normalized spacial score (nSPS) is 14.7. The van der Waals surface area contributed by atoms with E-state index in [4.69, 9.17) is 16.3 Å². The monoisotopic (exact) mass is 638 g/mol. The van der Waals surface area contributed by atoms with Gasteiger partial charge in [0.1, 0.15) is 10.6 Å². The summed E-state index contributed by atoms with van der Waals surface area (Å²) in [7, 11) is -6.27. The van der Waals surface area contributed by atoms with E-state index in [1.165, 1.54) is 71.5 Å². The highest BCUT2D eigenvalue weighted by Gasteiger charge is 2.32. The van der Waals surface area contributed by atoms with Crippen LogP contribution in [0.25, 0.3) is 0 Å². The highest BCUT2D eigenvalue weighted by molar-refractivity contribution is 7.92. The number of piperidine rings is 1. The molecule has 1 fully saturated rings. The maximum atomic E-state index is 13.5. The maximum Gasteiger partial charge on any atom is 0.343 e. The van der Waals surface area contributed by atoms with Crippen LogP contribution in [0.5, 0.6) is 5.75 Å². The van der Waals surface area contributed by atoms with Crippen LogP contribution in [-0.2, 0) is 26.5 Å². The number of hydrogen-bond donors (Lipinski definition) is 0. The first-order chi connectivity index (χ1) is 20.6. The number of hydrogen-bond acceptors (Lipinski definition) is 6. The maximum absolute atomic E-state index is 13.5. The molecule has 0 spiro atoms. The fourth-order valence-electron chi connectivity index (χ4n) is 5.05. The fourth-order valence-corrected chi connectivity index (χ4v) is 8.23. The number of sulfonamides is 2. The first-order valence-electron chi connectivity index (χ1n) is 13.8. The van der Waals surface area contributed by atoms with Gasteiger partial charge in [-0.05, 0) is 85.3 Å². The van der Waals surface area contributed by atoms with Gasteiger partial charge in [-0.25, -0.2) is 21.6 Å². The number of ether oxygens (including phenoxy) is 1. The molecule has 4 aromatic carbocycles. The summed E-state index contributed by atoms with van der Waals surface area (Å²) in [6.07, 6.45) is 2.35. The third-order valence-corrected chi connectivity index (χ3v) is 11.7. The lowest BCUT2D eigenvalue weighted by Gasteiger charge is -2.31. The topological polar surface area (TPSA) is 101 Å². The predicted octanol–water partition coefficient (Wildman–Crippen LogP) is 6.03. The molecule has 11 heteroatoms. The molecule has 0 aromatic heterocycles. The molecule has 0 unspecified atom stereocenters. The molecule has 0 amide bonds. The predicted molar refractivity (Wildman–Crippen MR) is 167 cm³/mol. The minimum Gasteiger partial charge on any atom is -0.423 e. The Hall–Kier alpha value is -3.70. The van der Waals surface area contributed by atoms with Crippen molar-refractivity contribution in [1.82, 2.24) is 4.31 Å². The van der Waals surface area contributed by atoms with Gasteiger partial charge < -0.3 is 4.74 Å². The summed E-state index contributed by atoms with van der Waals surface area (Å²) in [5.41, 5.74) is 1.63. The van der Waals surface area contributed by atoms with Crippen LogP contribution in [0, 0.1) is 5.92 Å².